The Balaban J connectivity index is 1.47. The molecule has 6 nitrogen and oxygen atoms in total. The van der Waals surface area contributed by atoms with Crippen molar-refractivity contribution < 1.29 is 18.8 Å². The molecule has 0 aromatic heterocycles. The predicted molar refractivity (Wildman–Crippen MR) is 135 cm³/mol. The van der Waals surface area contributed by atoms with E-state index >= 15 is 0 Å². The van der Waals surface area contributed by atoms with E-state index < -0.39 is 23.3 Å². The zero-order chi connectivity index (χ0) is 25.4. The normalized spacial score (nSPS) is 18.9. The number of urea groups is 1. The highest BCUT2D eigenvalue weighted by Gasteiger charge is 2.50. The first-order valence-corrected chi connectivity index (χ1v) is 11.5. The first kappa shape index (κ1) is 23.2. The Hall–Kier alpha value is -4.52. The smallest absolute Gasteiger partial charge is 0.322 e. The van der Waals surface area contributed by atoms with Crippen molar-refractivity contribution in [2.45, 2.75) is 19.0 Å². The second kappa shape index (κ2) is 8.92. The fraction of sp³-hybridized carbons (Fsp3) is 0.138. The minimum absolute atomic E-state index is 0.0833. The Morgan fingerprint density at radius 2 is 1.78 bits per heavy atom. The van der Waals surface area contributed by atoms with Gasteiger partial charge in [-0.05, 0) is 58.5 Å². The molecule has 0 radical (unpaired) electrons. The van der Waals surface area contributed by atoms with Crippen LogP contribution in [0.2, 0.25) is 0 Å². The average molecular weight is 482 g/mol. The molecule has 0 bridgehead atoms. The summed E-state index contributed by atoms with van der Waals surface area (Å²) < 4.78 is 13.7. The lowest BCUT2D eigenvalue weighted by Crippen LogP contribution is -2.52. The van der Waals surface area contributed by atoms with E-state index in [4.69, 9.17) is 0 Å². The molecule has 5 rings (SSSR count). The van der Waals surface area contributed by atoms with Crippen LogP contribution in [-0.4, -0.2) is 29.3 Å². The summed E-state index contributed by atoms with van der Waals surface area (Å²) in [7, 11) is 0. The van der Waals surface area contributed by atoms with Gasteiger partial charge in [0.2, 0.25) is 0 Å². The van der Waals surface area contributed by atoms with Crippen LogP contribution < -0.4 is 10.6 Å². The summed E-state index contributed by atoms with van der Waals surface area (Å²) >= 11 is 0. The van der Waals surface area contributed by atoms with Gasteiger partial charge < -0.3 is 10.2 Å². The summed E-state index contributed by atoms with van der Waals surface area (Å²) in [5.41, 5.74) is 4.17. The van der Waals surface area contributed by atoms with E-state index in [1.165, 1.54) is 17.0 Å². The Kier molecular flexibility index (Phi) is 5.76. The van der Waals surface area contributed by atoms with Gasteiger partial charge in [-0.3, -0.25) is 14.9 Å². The van der Waals surface area contributed by atoms with Gasteiger partial charge in [0.1, 0.15) is 5.82 Å². The largest absolute Gasteiger partial charge is 0.331 e. The monoisotopic (exact) mass is 481 g/mol. The molecule has 36 heavy (non-hydrogen) atoms. The quantitative estimate of drug-likeness (QED) is 0.396. The third-order valence-electron chi connectivity index (χ3n) is 6.72. The Morgan fingerprint density at radius 3 is 2.47 bits per heavy atom. The van der Waals surface area contributed by atoms with Crippen molar-refractivity contribution in [1.29, 1.82) is 0 Å². The number of hydrogen-bond acceptors (Lipinski definition) is 3. The number of halogens is 1. The molecular formula is C29H24FN3O3. The van der Waals surface area contributed by atoms with Crippen molar-refractivity contribution in [3.8, 4) is 11.1 Å². The van der Waals surface area contributed by atoms with E-state index in [0.717, 1.165) is 22.3 Å². The standard InChI is InChI=1S/C29H24FN3O3/c1-3-4-5-20-14-21(7-6-18(20)2)19-8-11-23(12-9-19)29(27(35)31-28(36)32-29)17-33-16-22-10-13-24(30)15-25(22)26(33)34/h3-15H,1,16-17H2,2H3,(H2,31,32,35,36)/b5-4-/t29-/m0/s1. The zero-order valence-corrected chi connectivity index (χ0v) is 19.7. The number of benzene rings is 3. The molecule has 180 valence electrons. The summed E-state index contributed by atoms with van der Waals surface area (Å²) in [5.74, 6) is -1.42. The molecule has 0 unspecified atom stereocenters. The minimum Gasteiger partial charge on any atom is -0.331 e. The van der Waals surface area contributed by atoms with Gasteiger partial charge >= 0.3 is 6.03 Å². The van der Waals surface area contributed by atoms with Crippen LogP contribution in [0.15, 0.2) is 79.4 Å². The van der Waals surface area contributed by atoms with Crippen LogP contribution in [0.25, 0.3) is 17.2 Å². The van der Waals surface area contributed by atoms with Crippen LogP contribution in [0.1, 0.15) is 32.6 Å². The van der Waals surface area contributed by atoms with E-state index in [9.17, 15) is 18.8 Å². The number of carbonyl (C=O) groups is 3. The summed E-state index contributed by atoms with van der Waals surface area (Å²) in [4.78, 5) is 39.7. The number of nitrogens with one attached hydrogen (secondary N) is 2. The predicted octanol–water partition coefficient (Wildman–Crippen LogP) is 4.69. The van der Waals surface area contributed by atoms with Gasteiger partial charge in [0, 0.05) is 12.1 Å². The molecule has 4 amide bonds. The van der Waals surface area contributed by atoms with Crippen LogP contribution in [0.5, 0.6) is 0 Å². The van der Waals surface area contributed by atoms with Crippen LogP contribution in [0.3, 0.4) is 0 Å². The third-order valence-corrected chi connectivity index (χ3v) is 6.72. The van der Waals surface area contributed by atoms with Crippen LogP contribution in [-0.2, 0) is 16.9 Å². The molecular weight excluding hydrogens is 457 g/mol. The third kappa shape index (κ3) is 3.98. The van der Waals surface area contributed by atoms with E-state index in [0.29, 0.717) is 11.1 Å². The minimum atomic E-state index is -1.46. The molecule has 2 aliphatic rings. The van der Waals surface area contributed by atoms with Crippen molar-refractivity contribution in [3.05, 3.63) is 113 Å². The summed E-state index contributed by atoms with van der Waals surface area (Å²) in [6.07, 6.45) is 5.60. The van der Waals surface area contributed by atoms with Crippen molar-refractivity contribution in [2.24, 2.45) is 0 Å². The maximum absolute atomic E-state index is 13.7. The SMILES string of the molecule is C=C/C=C\c1cc(-c2ccc([C@]3(CN4Cc5ccc(F)cc5C4=O)NC(=O)NC3=O)cc2)ccc1C. The highest BCUT2D eigenvalue weighted by atomic mass is 19.1. The molecule has 3 aromatic carbocycles. The molecule has 0 spiro atoms. The number of allylic oxidation sites excluding steroid dienone is 2. The summed E-state index contributed by atoms with van der Waals surface area (Å²) in [6.45, 7) is 5.89. The molecule has 2 heterocycles. The maximum Gasteiger partial charge on any atom is 0.322 e. The van der Waals surface area contributed by atoms with Crippen LogP contribution >= 0.6 is 0 Å². The lowest BCUT2D eigenvalue weighted by molar-refractivity contribution is -0.124. The molecule has 0 saturated carbocycles. The maximum atomic E-state index is 13.7. The zero-order valence-electron chi connectivity index (χ0n) is 19.7. The number of amides is 4. The molecule has 1 fully saturated rings. The van der Waals surface area contributed by atoms with Crippen molar-refractivity contribution in [2.75, 3.05) is 6.54 Å². The fourth-order valence-corrected chi connectivity index (χ4v) is 4.76. The highest BCUT2D eigenvalue weighted by molar-refractivity contribution is 6.08. The highest BCUT2D eigenvalue weighted by Crippen LogP contribution is 2.33. The molecule has 1 saturated heterocycles. The molecule has 0 aliphatic carbocycles. The number of carbonyl (C=O) groups excluding carboxylic acids is 3. The first-order chi connectivity index (χ1) is 17.3. The summed E-state index contributed by atoms with van der Waals surface area (Å²) in [6, 6.07) is 16.9. The van der Waals surface area contributed by atoms with Crippen molar-refractivity contribution in [3.63, 3.8) is 0 Å². The second-order valence-corrected chi connectivity index (χ2v) is 9.02. The Labute approximate surface area is 208 Å². The number of fused-ring (bicyclic) bond motifs is 1. The number of rotatable bonds is 6. The van der Waals surface area contributed by atoms with Gasteiger partial charge in [0.25, 0.3) is 11.8 Å². The fourth-order valence-electron chi connectivity index (χ4n) is 4.76. The Morgan fingerprint density at radius 1 is 1.03 bits per heavy atom. The van der Waals surface area contributed by atoms with Crippen LogP contribution in [0.4, 0.5) is 9.18 Å². The van der Waals surface area contributed by atoms with E-state index in [1.54, 1.807) is 24.3 Å². The van der Waals surface area contributed by atoms with Gasteiger partial charge in [0.15, 0.2) is 5.54 Å². The lowest BCUT2D eigenvalue weighted by Gasteiger charge is -2.31. The molecule has 2 N–H and O–H groups in total. The van der Waals surface area contributed by atoms with E-state index in [-0.39, 0.29) is 24.6 Å². The lowest BCUT2D eigenvalue weighted by atomic mass is 9.87. The van der Waals surface area contributed by atoms with E-state index in [1.807, 2.05) is 43.3 Å². The van der Waals surface area contributed by atoms with Gasteiger partial charge in [0.05, 0.1) is 6.54 Å². The van der Waals surface area contributed by atoms with Gasteiger partial charge in [-0.1, -0.05) is 67.3 Å². The molecule has 7 heteroatoms. The first-order valence-electron chi connectivity index (χ1n) is 11.5. The van der Waals surface area contributed by atoms with Gasteiger partial charge in [-0.25, -0.2) is 9.18 Å². The summed E-state index contributed by atoms with van der Waals surface area (Å²) in [5, 5.41) is 5.03. The molecule has 2 aliphatic heterocycles. The van der Waals surface area contributed by atoms with Gasteiger partial charge in [-0.15, -0.1) is 0 Å². The molecule has 1 atom stereocenters. The number of aryl methyl sites for hydroxylation is 1. The second-order valence-electron chi connectivity index (χ2n) is 9.02. The number of hydrogen-bond donors (Lipinski definition) is 2. The van der Waals surface area contributed by atoms with Crippen molar-refractivity contribution in [1.82, 2.24) is 15.5 Å². The number of nitrogens with zero attached hydrogens (tertiary/aromatic N) is 1. The average Bonchev–Trinajstić information content (AvgIpc) is 3.33. The molecule has 3 aromatic rings. The van der Waals surface area contributed by atoms with Crippen molar-refractivity contribution >= 4 is 23.9 Å². The Bertz CT molecular complexity index is 1440. The number of imide groups is 1. The van der Waals surface area contributed by atoms with Gasteiger partial charge in [-0.2, -0.15) is 0 Å². The topological polar surface area (TPSA) is 78.5 Å². The van der Waals surface area contributed by atoms with Crippen LogP contribution in [0, 0.1) is 12.7 Å². The van der Waals surface area contributed by atoms with E-state index in [2.05, 4.69) is 23.3 Å².